The molecule has 1 heterocycles. The number of carbonyl (C=O) groups excluding carboxylic acids is 2. The molecule has 6 nitrogen and oxygen atoms in total. The van der Waals surface area contributed by atoms with Crippen molar-refractivity contribution in [1.29, 1.82) is 5.26 Å². The molecule has 1 aliphatic rings. The fourth-order valence-corrected chi connectivity index (χ4v) is 4.84. The Labute approximate surface area is 220 Å². The quantitative estimate of drug-likeness (QED) is 0.407. The van der Waals surface area contributed by atoms with Crippen LogP contribution in [0.15, 0.2) is 72.8 Å². The van der Waals surface area contributed by atoms with Crippen LogP contribution in [-0.4, -0.2) is 42.7 Å². The zero-order valence-corrected chi connectivity index (χ0v) is 22.0. The Balaban J connectivity index is 1.37. The summed E-state index contributed by atoms with van der Waals surface area (Å²) in [6.07, 6.45) is 4.68. The van der Waals surface area contributed by atoms with Crippen LogP contribution in [0.2, 0.25) is 0 Å². The van der Waals surface area contributed by atoms with Gasteiger partial charge in [-0.1, -0.05) is 42.5 Å². The second kappa shape index (κ2) is 13.0. The Morgan fingerprint density at radius 3 is 2.43 bits per heavy atom. The van der Waals surface area contributed by atoms with Crippen molar-refractivity contribution < 1.29 is 14.3 Å². The van der Waals surface area contributed by atoms with E-state index in [9.17, 15) is 9.59 Å². The van der Waals surface area contributed by atoms with E-state index in [1.165, 1.54) is 5.56 Å². The van der Waals surface area contributed by atoms with Gasteiger partial charge < -0.3 is 15.0 Å². The van der Waals surface area contributed by atoms with E-state index in [4.69, 9.17) is 10.00 Å². The first kappa shape index (κ1) is 26.4. The zero-order chi connectivity index (χ0) is 26.0. The van der Waals surface area contributed by atoms with Crippen molar-refractivity contribution in [3.8, 4) is 22.9 Å². The summed E-state index contributed by atoms with van der Waals surface area (Å²) in [5.41, 5.74) is 3.92. The van der Waals surface area contributed by atoms with E-state index in [-0.39, 0.29) is 18.4 Å². The minimum Gasteiger partial charge on any atom is -0.483 e. The lowest BCUT2D eigenvalue weighted by atomic mass is 9.90. The molecule has 4 rings (SSSR count). The van der Waals surface area contributed by atoms with Gasteiger partial charge in [-0.3, -0.25) is 9.59 Å². The van der Waals surface area contributed by atoms with Crippen LogP contribution in [0.5, 0.6) is 5.75 Å². The fraction of sp³-hybridized carbons (Fsp3) is 0.300. The topological polar surface area (TPSA) is 82.4 Å². The fourth-order valence-electron chi connectivity index (χ4n) is 4.66. The predicted molar refractivity (Wildman–Crippen MR) is 148 cm³/mol. The molecule has 0 aliphatic carbocycles. The normalized spacial score (nSPS) is 13.6. The van der Waals surface area contributed by atoms with Gasteiger partial charge in [0, 0.05) is 30.5 Å². The number of nitrogens with one attached hydrogen (secondary N) is 1. The molecule has 37 heavy (non-hydrogen) atoms. The van der Waals surface area contributed by atoms with Gasteiger partial charge >= 0.3 is 0 Å². The second-order valence-corrected chi connectivity index (χ2v) is 9.66. The third kappa shape index (κ3) is 7.18. The molecule has 0 bridgehead atoms. The zero-order valence-electron chi connectivity index (χ0n) is 20.9. The van der Waals surface area contributed by atoms with E-state index < -0.39 is 0 Å². The highest BCUT2D eigenvalue weighted by atomic mass is 31.0. The molecule has 190 valence electrons. The maximum absolute atomic E-state index is 12.9. The average molecular weight is 514 g/mol. The minimum atomic E-state index is -0.192. The van der Waals surface area contributed by atoms with E-state index in [0.717, 1.165) is 44.3 Å². The molecule has 0 spiro atoms. The van der Waals surface area contributed by atoms with Gasteiger partial charge in [-0.15, -0.1) is 9.24 Å². The van der Waals surface area contributed by atoms with Crippen LogP contribution < -0.4 is 10.1 Å². The van der Waals surface area contributed by atoms with Gasteiger partial charge in [0.15, 0.2) is 6.61 Å². The summed E-state index contributed by atoms with van der Waals surface area (Å²) in [7, 11) is 2.47. The molecule has 3 aromatic carbocycles. The van der Waals surface area contributed by atoms with E-state index in [0.29, 0.717) is 34.6 Å². The standard InChI is InChI=1S/C30H32N3O3P/c31-19-24-8-10-25(11-9-24)27-18-26(30(35)32-21-37)12-13-28(27)36-20-29(34)33-16-14-23(15-17-33)7-6-22-4-2-1-3-5-22/h1-5,8-13,18,23H,6-7,14-17,20-21,37H2,(H,32,35). The molecule has 1 fully saturated rings. The van der Waals surface area contributed by atoms with Crippen LogP contribution in [0.25, 0.3) is 11.1 Å². The Kier molecular flexibility index (Phi) is 9.29. The Morgan fingerprint density at radius 2 is 1.76 bits per heavy atom. The summed E-state index contributed by atoms with van der Waals surface area (Å²) in [4.78, 5) is 27.2. The van der Waals surface area contributed by atoms with Crippen molar-refractivity contribution >= 4 is 21.1 Å². The molecular formula is C30H32N3O3P. The summed E-state index contributed by atoms with van der Waals surface area (Å²) in [5, 5.41) is 11.9. The highest BCUT2D eigenvalue weighted by Gasteiger charge is 2.23. The lowest BCUT2D eigenvalue weighted by molar-refractivity contribution is -0.134. The summed E-state index contributed by atoms with van der Waals surface area (Å²) >= 11 is 0. The number of benzene rings is 3. The maximum atomic E-state index is 12.9. The average Bonchev–Trinajstić information content (AvgIpc) is 2.95. The monoisotopic (exact) mass is 513 g/mol. The van der Waals surface area contributed by atoms with E-state index in [2.05, 4.69) is 44.9 Å². The van der Waals surface area contributed by atoms with Crippen LogP contribution in [0.1, 0.15) is 40.7 Å². The van der Waals surface area contributed by atoms with Crippen LogP contribution >= 0.6 is 9.24 Å². The summed E-state index contributed by atoms with van der Waals surface area (Å²) in [6, 6.07) is 24.9. The van der Waals surface area contributed by atoms with Gasteiger partial charge in [0.05, 0.1) is 11.6 Å². The molecule has 0 saturated carbocycles. The summed E-state index contributed by atoms with van der Waals surface area (Å²) < 4.78 is 6.00. The van der Waals surface area contributed by atoms with Gasteiger partial charge in [0.25, 0.3) is 11.8 Å². The molecule has 2 amide bonds. The van der Waals surface area contributed by atoms with E-state index >= 15 is 0 Å². The van der Waals surface area contributed by atoms with Crippen molar-refractivity contribution in [3.63, 3.8) is 0 Å². The molecule has 3 aromatic rings. The number of amides is 2. The number of ether oxygens (including phenoxy) is 1. The number of likely N-dealkylation sites (tertiary alicyclic amines) is 1. The number of piperidine rings is 1. The number of aryl methyl sites for hydroxylation is 1. The van der Waals surface area contributed by atoms with Crippen molar-refractivity contribution in [3.05, 3.63) is 89.5 Å². The molecule has 0 radical (unpaired) electrons. The van der Waals surface area contributed by atoms with Gasteiger partial charge in [0.2, 0.25) is 0 Å². The first-order valence-corrected chi connectivity index (χ1v) is 13.5. The van der Waals surface area contributed by atoms with Gasteiger partial charge in [0.1, 0.15) is 5.75 Å². The number of carbonyl (C=O) groups is 2. The summed E-state index contributed by atoms with van der Waals surface area (Å²) in [6.45, 7) is 1.44. The van der Waals surface area contributed by atoms with E-state index in [1.54, 1.807) is 30.3 Å². The molecule has 1 unspecified atom stereocenters. The molecular weight excluding hydrogens is 481 g/mol. The molecule has 1 N–H and O–H groups in total. The molecule has 1 aliphatic heterocycles. The van der Waals surface area contributed by atoms with Gasteiger partial charge in [-0.25, -0.2) is 0 Å². The minimum absolute atomic E-state index is 0.0304. The number of rotatable bonds is 9. The highest BCUT2D eigenvalue weighted by Crippen LogP contribution is 2.32. The smallest absolute Gasteiger partial charge is 0.260 e. The third-order valence-corrected chi connectivity index (χ3v) is 7.04. The number of hydrogen-bond donors (Lipinski definition) is 1. The van der Waals surface area contributed by atoms with Crippen molar-refractivity contribution in [2.45, 2.75) is 25.7 Å². The maximum Gasteiger partial charge on any atom is 0.260 e. The Hall–Kier alpha value is -3.68. The number of hydrogen-bond acceptors (Lipinski definition) is 4. The van der Waals surface area contributed by atoms with Crippen LogP contribution in [-0.2, 0) is 11.2 Å². The molecule has 1 saturated heterocycles. The van der Waals surface area contributed by atoms with Crippen LogP contribution in [0, 0.1) is 17.2 Å². The van der Waals surface area contributed by atoms with Crippen molar-refractivity contribution in [2.75, 3.05) is 26.0 Å². The first-order chi connectivity index (χ1) is 18.1. The number of nitrogens with zero attached hydrogens (tertiary/aromatic N) is 2. The number of nitriles is 1. The SMILES string of the molecule is N#Cc1ccc(-c2cc(C(=O)NCP)ccc2OCC(=O)N2CCC(CCc3ccccc3)CC2)cc1. The second-order valence-electron chi connectivity index (χ2n) is 9.25. The molecule has 0 aromatic heterocycles. The molecule has 7 heteroatoms. The largest absolute Gasteiger partial charge is 0.483 e. The summed E-state index contributed by atoms with van der Waals surface area (Å²) in [5.74, 6) is 0.936. The van der Waals surface area contributed by atoms with Crippen molar-refractivity contribution in [1.82, 2.24) is 10.2 Å². The Bertz CT molecular complexity index is 1250. The highest BCUT2D eigenvalue weighted by molar-refractivity contribution is 7.16. The van der Waals surface area contributed by atoms with Crippen LogP contribution in [0.3, 0.4) is 0 Å². The Morgan fingerprint density at radius 1 is 1.03 bits per heavy atom. The van der Waals surface area contributed by atoms with E-state index in [1.807, 2.05) is 23.1 Å². The van der Waals surface area contributed by atoms with Crippen molar-refractivity contribution in [2.24, 2.45) is 5.92 Å². The van der Waals surface area contributed by atoms with Gasteiger partial charge in [-0.2, -0.15) is 5.26 Å². The van der Waals surface area contributed by atoms with Crippen LogP contribution in [0.4, 0.5) is 0 Å². The van der Waals surface area contributed by atoms with Gasteiger partial charge in [-0.05, 0) is 73.1 Å². The predicted octanol–water partition coefficient (Wildman–Crippen LogP) is 5.04. The molecule has 1 atom stereocenters. The lowest BCUT2D eigenvalue weighted by Crippen LogP contribution is -2.41. The first-order valence-electron chi connectivity index (χ1n) is 12.6. The lowest BCUT2D eigenvalue weighted by Gasteiger charge is -2.32. The third-order valence-electron chi connectivity index (χ3n) is 6.83.